The fraction of sp³-hybridized carbons (Fsp3) is 0.300. The van der Waals surface area contributed by atoms with Crippen molar-refractivity contribution in [1.82, 2.24) is 0 Å². The maximum Gasteiger partial charge on any atom is 0.262 e. The highest BCUT2D eigenvalue weighted by Crippen LogP contribution is 2.28. The van der Waals surface area contributed by atoms with E-state index in [9.17, 15) is 4.79 Å². The maximum absolute atomic E-state index is 12.2. The molecule has 0 aliphatic rings. The lowest BCUT2D eigenvalue weighted by molar-refractivity contribution is -0.118. The molecule has 0 bridgehead atoms. The fourth-order valence-electron chi connectivity index (χ4n) is 2.41. The summed E-state index contributed by atoms with van der Waals surface area (Å²) < 4.78 is 11.0. The second-order valence-corrected chi connectivity index (χ2v) is 5.79. The van der Waals surface area contributed by atoms with Crippen molar-refractivity contribution < 1.29 is 14.3 Å². The summed E-state index contributed by atoms with van der Waals surface area (Å²) in [6, 6.07) is 14.6. The molecule has 2 rings (SSSR count). The second-order valence-electron chi connectivity index (χ2n) is 5.79. The van der Waals surface area contributed by atoms with Crippen LogP contribution in [0.25, 0.3) is 0 Å². The molecule has 0 fully saturated rings. The van der Waals surface area contributed by atoms with Gasteiger partial charge in [0.05, 0.1) is 18.2 Å². The zero-order valence-corrected chi connectivity index (χ0v) is 14.7. The SMILES string of the molecule is CCOc1cc(C#N)ccc1OCC(=O)Nc1ccccc1C(C)C. The minimum absolute atomic E-state index is 0.140. The van der Waals surface area contributed by atoms with Crippen molar-refractivity contribution in [3.8, 4) is 17.6 Å². The summed E-state index contributed by atoms with van der Waals surface area (Å²) in [5.41, 5.74) is 2.34. The number of amides is 1. The molecule has 0 radical (unpaired) electrons. The van der Waals surface area contributed by atoms with Gasteiger partial charge in [-0.2, -0.15) is 5.26 Å². The molecule has 0 heterocycles. The topological polar surface area (TPSA) is 71.3 Å². The summed E-state index contributed by atoms with van der Waals surface area (Å²) in [6.45, 7) is 6.30. The van der Waals surface area contributed by atoms with Gasteiger partial charge < -0.3 is 14.8 Å². The Balaban J connectivity index is 2.05. The molecule has 1 N–H and O–H groups in total. The molecule has 0 unspecified atom stereocenters. The lowest BCUT2D eigenvalue weighted by Crippen LogP contribution is -2.21. The molecule has 0 aromatic heterocycles. The minimum Gasteiger partial charge on any atom is -0.490 e. The Morgan fingerprint density at radius 1 is 1.16 bits per heavy atom. The number of nitriles is 1. The van der Waals surface area contributed by atoms with E-state index in [4.69, 9.17) is 14.7 Å². The standard InChI is InChI=1S/C20H22N2O3/c1-4-24-19-11-15(12-21)9-10-18(19)25-13-20(23)22-17-8-6-5-7-16(17)14(2)3/h5-11,14H,4,13H2,1-3H3,(H,22,23). The van der Waals surface area contributed by atoms with Gasteiger partial charge in [0.15, 0.2) is 18.1 Å². The number of benzene rings is 2. The van der Waals surface area contributed by atoms with Crippen LogP contribution in [-0.4, -0.2) is 19.1 Å². The molecule has 0 spiro atoms. The van der Waals surface area contributed by atoms with Crippen molar-refractivity contribution in [1.29, 1.82) is 5.26 Å². The van der Waals surface area contributed by atoms with Crippen molar-refractivity contribution in [2.75, 3.05) is 18.5 Å². The Hall–Kier alpha value is -3.00. The van der Waals surface area contributed by atoms with Crippen LogP contribution in [0, 0.1) is 11.3 Å². The molecule has 2 aromatic rings. The first-order valence-corrected chi connectivity index (χ1v) is 8.23. The Morgan fingerprint density at radius 2 is 1.92 bits per heavy atom. The van der Waals surface area contributed by atoms with Crippen LogP contribution in [0.2, 0.25) is 0 Å². The van der Waals surface area contributed by atoms with E-state index in [1.807, 2.05) is 31.2 Å². The van der Waals surface area contributed by atoms with Crippen LogP contribution < -0.4 is 14.8 Å². The van der Waals surface area contributed by atoms with Gasteiger partial charge in [-0.25, -0.2) is 0 Å². The average molecular weight is 338 g/mol. The van der Waals surface area contributed by atoms with E-state index in [0.29, 0.717) is 29.6 Å². The molecule has 0 atom stereocenters. The molecule has 5 heteroatoms. The molecule has 5 nitrogen and oxygen atoms in total. The highest BCUT2D eigenvalue weighted by molar-refractivity contribution is 5.92. The number of carbonyl (C=O) groups excluding carboxylic acids is 1. The van der Waals surface area contributed by atoms with Crippen molar-refractivity contribution in [3.63, 3.8) is 0 Å². The van der Waals surface area contributed by atoms with E-state index in [1.54, 1.807) is 18.2 Å². The zero-order chi connectivity index (χ0) is 18.2. The molecule has 0 saturated carbocycles. The third kappa shape index (κ3) is 4.98. The minimum atomic E-state index is -0.250. The molecule has 1 amide bonds. The Bertz CT molecular complexity index is 779. The highest BCUT2D eigenvalue weighted by atomic mass is 16.5. The monoisotopic (exact) mass is 338 g/mol. The third-order valence-electron chi connectivity index (χ3n) is 3.59. The number of hydrogen-bond acceptors (Lipinski definition) is 4. The van der Waals surface area contributed by atoms with E-state index in [2.05, 4.69) is 25.2 Å². The van der Waals surface area contributed by atoms with Crippen LogP contribution in [0.3, 0.4) is 0 Å². The fourth-order valence-corrected chi connectivity index (χ4v) is 2.41. The van der Waals surface area contributed by atoms with Crippen molar-refractivity contribution in [2.24, 2.45) is 0 Å². The second kappa shape index (κ2) is 8.74. The van der Waals surface area contributed by atoms with Gasteiger partial charge in [-0.05, 0) is 36.6 Å². The molecule has 2 aromatic carbocycles. The normalized spacial score (nSPS) is 10.2. The summed E-state index contributed by atoms with van der Waals surface area (Å²) >= 11 is 0. The predicted octanol–water partition coefficient (Wildman–Crippen LogP) is 4.10. The van der Waals surface area contributed by atoms with Crippen LogP contribution in [0.5, 0.6) is 11.5 Å². The highest BCUT2D eigenvalue weighted by Gasteiger charge is 2.12. The first-order valence-electron chi connectivity index (χ1n) is 8.23. The van der Waals surface area contributed by atoms with Crippen LogP contribution in [0.1, 0.15) is 37.8 Å². The van der Waals surface area contributed by atoms with Gasteiger partial charge in [0, 0.05) is 11.8 Å². The number of para-hydroxylation sites is 1. The third-order valence-corrected chi connectivity index (χ3v) is 3.59. The molecule has 130 valence electrons. The quantitative estimate of drug-likeness (QED) is 0.825. The number of ether oxygens (including phenoxy) is 2. The van der Waals surface area contributed by atoms with Gasteiger partial charge in [-0.15, -0.1) is 0 Å². The van der Waals surface area contributed by atoms with E-state index in [-0.39, 0.29) is 12.5 Å². The van der Waals surface area contributed by atoms with E-state index in [0.717, 1.165) is 11.3 Å². The lowest BCUT2D eigenvalue weighted by atomic mass is 10.0. The van der Waals surface area contributed by atoms with Crippen LogP contribution >= 0.6 is 0 Å². The smallest absolute Gasteiger partial charge is 0.262 e. The molecule has 0 aliphatic carbocycles. The zero-order valence-electron chi connectivity index (χ0n) is 14.7. The summed E-state index contributed by atoms with van der Waals surface area (Å²) in [5.74, 6) is 0.950. The van der Waals surface area contributed by atoms with Gasteiger partial charge in [-0.3, -0.25) is 4.79 Å². The van der Waals surface area contributed by atoms with E-state index >= 15 is 0 Å². The van der Waals surface area contributed by atoms with Gasteiger partial charge in [0.2, 0.25) is 0 Å². The van der Waals surface area contributed by atoms with Crippen LogP contribution in [-0.2, 0) is 4.79 Å². The number of nitrogens with one attached hydrogen (secondary N) is 1. The molecular formula is C20H22N2O3. The largest absolute Gasteiger partial charge is 0.490 e. The van der Waals surface area contributed by atoms with Crippen molar-refractivity contribution in [3.05, 3.63) is 53.6 Å². The summed E-state index contributed by atoms with van der Waals surface area (Å²) in [4.78, 5) is 12.2. The molecule has 25 heavy (non-hydrogen) atoms. The number of rotatable bonds is 7. The number of carbonyl (C=O) groups is 1. The van der Waals surface area contributed by atoms with Crippen molar-refractivity contribution >= 4 is 11.6 Å². The number of anilines is 1. The van der Waals surface area contributed by atoms with Crippen LogP contribution in [0.4, 0.5) is 5.69 Å². The van der Waals surface area contributed by atoms with Gasteiger partial charge in [0.1, 0.15) is 0 Å². The van der Waals surface area contributed by atoms with Gasteiger partial charge >= 0.3 is 0 Å². The van der Waals surface area contributed by atoms with Crippen LogP contribution in [0.15, 0.2) is 42.5 Å². The molecular weight excluding hydrogens is 316 g/mol. The Morgan fingerprint density at radius 3 is 2.60 bits per heavy atom. The van der Waals surface area contributed by atoms with E-state index in [1.165, 1.54) is 0 Å². The number of nitrogens with zero attached hydrogens (tertiary/aromatic N) is 1. The van der Waals surface area contributed by atoms with Gasteiger partial charge in [-0.1, -0.05) is 32.0 Å². The first kappa shape index (κ1) is 18.3. The lowest BCUT2D eigenvalue weighted by Gasteiger charge is -2.15. The molecule has 0 aliphatic heterocycles. The number of hydrogen-bond donors (Lipinski definition) is 1. The van der Waals surface area contributed by atoms with Crippen molar-refractivity contribution in [2.45, 2.75) is 26.7 Å². The summed E-state index contributed by atoms with van der Waals surface area (Å²) in [7, 11) is 0. The Kier molecular flexibility index (Phi) is 6.41. The first-order chi connectivity index (χ1) is 12.0. The average Bonchev–Trinajstić information content (AvgIpc) is 2.61. The van der Waals surface area contributed by atoms with Gasteiger partial charge in [0.25, 0.3) is 5.91 Å². The Labute approximate surface area is 148 Å². The van der Waals surface area contributed by atoms with E-state index < -0.39 is 0 Å². The summed E-state index contributed by atoms with van der Waals surface area (Å²) in [5, 5.41) is 11.8. The maximum atomic E-state index is 12.2. The predicted molar refractivity (Wildman–Crippen MR) is 97.0 cm³/mol. The molecule has 0 saturated heterocycles. The summed E-state index contributed by atoms with van der Waals surface area (Å²) in [6.07, 6.45) is 0.